The third kappa shape index (κ3) is 2.33. The highest BCUT2D eigenvalue weighted by molar-refractivity contribution is 6.08. The largest absolute Gasteiger partial charge is 0.321 e. The summed E-state index contributed by atoms with van der Waals surface area (Å²) >= 11 is 0. The van der Waals surface area contributed by atoms with Crippen molar-refractivity contribution in [1.29, 1.82) is 0 Å². The second-order valence-electron chi connectivity index (χ2n) is 4.23. The van der Waals surface area contributed by atoms with Crippen LogP contribution in [0.25, 0.3) is 10.8 Å². The second kappa shape index (κ2) is 5.05. The summed E-state index contributed by atoms with van der Waals surface area (Å²) in [6, 6.07) is 9.93. The number of fused-ring (bicyclic) bond motifs is 1. The van der Waals surface area contributed by atoms with Gasteiger partial charge in [-0.2, -0.15) is 4.39 Å². The Labute approximate surface area is 114 Å². The molecule has 1 aromatic carbocycles. The summed E-state index contributed by atoms with van der Waals surface area (Å²) < 4.78 is 12.7. The van der Waals surface area contributed by atoms with Crippen molar-refractivity contribution in [2.75, 3.05) is 5.32 Å². The molecule has 1 amide bonds. The number of amides is 1. The molecule has 3 aromatic rings. The minimum atomic E-state index is -0.613. The number of carbonyl (C=O) groups excluding carboxylic acids is 1. The fraction of sp³-hybridized carbons (Fsp3) is 0. The third-order valence-electron chi connectivity index (χ3n) is 2.92. The standard InChI is InChI=1S/C15H10FN3O/c16-14-5-4-11(9-18-14)15(20)19-13-3-1-2-10-8-17-7-6-12(10)13/h1-9H,(H,19,20). The van der Waals surface area contributed by atoms with Crippen LogP contribution in [-0.4, -0.2) is 15.9 Å². The fourth-order valence-corrected chi connectivity index (χ4v) is 1.94. The van der Waals surface area contributed by atoms with Crippen molar-refractivity contribution in [3.63, 3.8) is 0 Å². The Morgan fingerprint density at radius 1 is 1.10 bits per heavy atom. The summed E-state index contributed by atoms with van der Waals surface area (Å²) in [6.45, 7) is 0. The Hall–Kier alpha value is -2.82. The minimum Gasteiger partial charge on any atom is -0.321 e. The Morgan fingerprint density at radius 3 is 2.80 bits per heavy atom. The van der Waals surface area contributed by atoms with E-state index in [-0.39, 0.29) is 5.91 Å². The molecule has 0 aliphatic rings. The highest BCUT2D eigenvalue weighted by Crippen LogP contribution is 2.22. The first-order valence-electron chi connectivity index (χ1n) is 6.00. The zero-order valence-corrected chi connectivity index (χ0v) is 10.4. The van der Waals surface area contributed by atoms with Gasteiger partial charge in [0.15, 0.2) is 0 Å². The van der Waals surface area contributed by atoms with Gasteiger partial charge in [-0.1, -0.05) is 12.1 Å². The monoisotopic (exact) mass is 267 g/mol. The van der Waals surface area contributed by atoms with E-state index in [1.807, 2.05) is 18.2 Å². The van der Waals surface area contributed by atoms with E-state index in [2.05, 4.69) is 15.3 Å². The van der Waals surface area contributed by atoms with Gasteiger partial charge in [0.25, 0.3) is 5.91 Å². The fourth-order valence-electron chi connectivity index (χ4n) is 1.94. The van der Waals surface area contributed by atoms with Crippen LogP contribution in [0.5, 0.6) is 0 Å². The molecular formula is C15H10FN3O. The molecule has 0 atom stereocenters. The van der Waals surface area contributed by atoms with Gasteiger partial charge in [0.1, 0.15) is 0 Å². The molecule has 0 spiro atoms. The summed E-state index contributed by atoms with van der Waals surface area (Å²) in [4.78, 5) is 19.6. The van der Waals surface area contributed by atoms with Crippen molar-refractivity contribution in [3.05, 3.63) is 66.5 Å². The number of hydrogen-bond acceptors (Lipinski definition) is 3. The van der Waals surface area contributed by atoms with Crippen molar-refractivity contribution < 1.29 is 9.18 Å². The topological polar surface area (TPSA) is 54.9 Å². The highest BCUT2D eigenvalue weighted by Gasteiger charge is 2.08. The summed E-state index contributed by atoms with van der Waals surface area (Å²) in [7, 11) is 0. The van der Waals surface area contributed by atoms with Crippen molar-refractivity contribution in [3.8, 4) is 0 Å². The maximum atomic E-state index is 12.7. The number of anilines is 1. The lowest BCUT2D eigenvalue weighted by Gasteiger charge is -2.08. The van der Waals surface area contributed by atoms with Crippen molar-refractivity contribution >= 4 is 22.4 Å². The minimum absolute atomic E-state index is 0.303. The molecule has 0 aliphatic carbocycles. The summed E-state index contributed by atoms with van der Waals surface area (Å²) in [6.07, 6.45) is 4.60. The van der Waals surface area contributed by atoms with Crippen LogP contribution in [0.3, 0.4) is 0 Å². The van der Waals surface area contributed by atoms with E-state index in [0.717, 1.165) is 16.8 Å². The number of carbonyl (C=O) groups is 1. The van der Waals surface area contributed by atoms with Crippen LogP contribution in [0.4, 0.5) is 10.1 Å². The van der Waals surface area contributed by atoms with E-state index in [1.54, 1.807) is 18.5 Å². The van der Waals surface area contributed by atoms with Crippen molar-refractivity contribution in [2.24, 2.45) is 0 Å². The predicted octanol–water partition coefficient (Wildman–Crippen LogP) is 3.02. The quantitative estimate of drug-likeness (QED) is 0.726. The van der Waals surface area contributed by atoms with Crippen LogP contribution in [0.15, 0.2) is 55.0 Å². The Balaban J connectivity index is 1.93. The van der Waals surface area contributed by atoms with Gasteiger partial charge in [-0.15, -0.1) is 0 Å². The average molecular weight is 267 g/mol. The van der Waals surface area contributed by atoms with Crippen LogP contribution < -0.4 is 5.32 Å². The van der Waals surface area contributed by atoms with Gasteiger partial charge >= 0.3 is 0 Å². The van der Waals surface area contributed by atoms with E-state index < -0.39 is 5.95 Å². The molecule has 0 fully saturated rings. The van der Waals surface area contributed by atoms with Crippen LogP contribution in [0, 0.1) is 5.95 Å². The van der Waals surface area contributed by atoms with E-state index in [9.17, 15) is 9.18 Å². The van der Waals surface area contributed by atoms with E-state index in [4.69, 9.17) is 0 Å². The van der Waals surface area contributed by atoms with Crippen molar-refractivity contribution in [2.45, 2.75) is 0 Å². The van der Waals surface area contributed by atoms with Gasteiger partial charge in [0.2, 0.25) is 5.95 Å². The molecule has 0 aliphatic heterocycles. The van der Waals surface area contributed by atoms with Gasteiger partial charge in [-0.05, 0) is 24.3 Å². The van der Waals surface area contributed by atoms with Crippen LogP contribution in [0.2, 0.25) is 0 Å². The zero-order chi connectivity index (χ0) is 13.9. The third-order valence-corrected chi connectivity index (χ3v) is 2.92. The van der Waals surface area contributed by atoms with E-state index in [0.29, 0.717) is 11.3 Å². The van der Waals surface area contributed by atoms with Gasteiger partial charge in [-0.25, -0.2) is 4.98 Å². The van der Waals surface area contributed by atoms with Gasteiger partial charge in [-0.3, -0.25) is 9.78 Å². The molecule has 0 unspecified atom stereocenters. The molecule has 98 valence electrons. The Kier molecular flexibility index (Phi) is 3.09. The summed E-state index contributed by atoms with van der Waals surface area (Å²) in [5.41, 5.74) is 0.983. The molecule has 3 rings (SSSR count). The number of nitrogens with one attached hydrogen (secondary N) is 1. The Morgan fingerprint density at radius 2 is 2.00 bits per heavy atom. The average Bonchev–Trinajstić information content (AvgIpc) is 2.48. The molecule has 4 nitrogen and oxygen atoms in total. The molecular weight excluding hydrogens is 257 g/mol. The highest BCUT2D eigenvalue weighted by atomic mass is 19.1. The molecule has 0 bridgehead atoms. The predicted molar refractivity (Wildman–Crippen MR) is 73.9 cm³/mol. The van der Waals surface area contributed by atoms with Gasteiger partial charge in [0, 0.05) is 35.1 Å². The van der Waals surface area contributed by atoms with Gasteiger partial charge in [0.05, 0.1) is 5.56 Å². The first-order valence-corrected chi connectivity index (χ1v) is 6.00. The number of halogens is 1. The lowest BCUT2D eigenvalue weighted by atomic mass is 10.1. The summed E-state index contributed by atoms with van der Waals surface area (Å²) in [5.74, 6) is -0.945. The molecule has 2 heterocycles. The maximum Gasteiger partial charge on any atom is 0.257 e. The lowest BCUT2D eigenvalue weighted by Crippen LogP contribution is -2.12. The van der Waals surface area contributed by atoms with E-state index in [1.165, 1.54) is 12.3 Å². The first-order chi connectivity index (χ1) is 9.74. The normalized spacial score (nSPS) is 10.4. The maximum absolute atomic E-state index is 12.7. The smallest absolute Gasteiger partial charge is 0.257 e. The SMILES string of the molecule is O=C(Nc1cccc2cnccc12)c1ccc(F)nc1. The Bertz CT molecular complexity index is 766. The van der Waals surface area contributed by atoms with Crippen LogP contribution >= 0.6 is 0 Å². The van der Waals surface area contributed by atoms with Crippen molar-refractivity contribution in [1.82, 2.24) is 9.97 Å². The van der Waals surface area contributed by atoms with Crippen LogP contribution in [-0.2, 0) is 0 Å². The molecule has 20 heavy (non-hydrogen) atoms. The molecule has 5 heteroatoms. The van der Waals surface area contributed by atoms with E-state index >= 15 is 0 Å². The molecule has 0 saturated heterocycles. The van der Waals surface area contributed by atoms with Crippen LogP contribution in [0.1, 0.15) is 10.4 Å². The number of rotatable bonds is 2. The summed E-state index contributed by atoms with van der Waals surface area (Å²) in [5, 5.41) is 4.62. The first kappa shape index (κ1) is 12.2. The molecule has 0 saturated carbocycles. The zero-order valence-electron chi connectivity index (χ0n) is 10.4. The lowest BCUT2D eigenvalue weighted by molar-refractivity contribution is 0.102. The number of aromatic nitrogens is 2. The molecule has 0 radical (unpaired) electrons. The number of pyridine rings is 2. The number of nitrogens with zero attached hydrogens (tertiary/aromatic N) is 2. The number of benzene rings is 1. The molecule has 2 aromatic heterocycles. The van der Waals surface area contributed by atoms with Gasteiger partial charge < -0.3 is 5.32 Å². The molecule has 1 N–H and O–H groups in total. The second-order valence-corrected chi connectivity index (χ2v) is 4.23. The number of hydrogen-bond donors (Lipinski definition) is 1.